The fourth-order valence-corrected chi connectivity index (χ4v) is 4.74. The first-order valence-corrected chi connectivity index (χ1v) is 11.1. The van der Waals surface area contributed by atoms with Crippen molar-refractivity contribution in [2.24, 2.45) is 0 Å². The van der Waals surface area contributed by atoms with Crippen LogP contribution in [0.1, 0.15) is 22.0 Å². The second-order valence-electron chi connectivity index (χ2n) is 7.09. The molecule has 2 heterocycles. The van der Waals surface area contributed by atoms with Gasteiger partial charge < -0.3 is 15.5 Å². The summed E-state index contributed by atoms with van der Waals surface area (Å²) in [5.41, 5.74) is 3.27. The van der Waals surface area contributed by atoms with Gasteiger partial charge >= 0.3 is 11.8 Å². The highest BCUT2D eigenvalue weighted by molar-refractivity contribution is 7.10. The van der Waals surface area contributed by atoms with Gasteiger partial charge in [-0.2, -0.15) is 0 Å². The van der Waals surface area contributed by atoms with Crippen LogP contribution in [0, 0.1) is 0 Å². The van der Waals surface area contributed by atoms with E-state index in [0.717, 1.165) is 23.4 Å². The van der Waals surface area contributed by atoms with Gasteiger partial charge in [0, 0.05) is 35.2 Å². The van der Waals surface area contributed by atoms with Gasteiger partial charge in [-0.3, -0.25) is 9.59 Å². The molecule has 3 aromatic rings. The number of nitrogens with one attached hydrogen (secondary N) is 2. The second kappa shape index (κ2) is 9.32. The summed E-state index contributed by atoms with van der Waals surface area (Å²) >= 11 is 7.76. The van der Waals surface area contributed by atoms with Gasteiger partial charge in [-0.1, -0.05) is 54.1 Å². The fourth-order valence-electron chi connectivity index (χ4n) is 3.70. The molecule has 1 aromatic heterocycles. The Hall–Kier alpha value is -2.83. The van der Waals surface area contributed by atoms with Gasteiger partial charge in [0.15, 0.2) is 0 Å². The van der Waals surface area contributed by atoms with Crippen LogP contribution in [0.2, 0.25) is 5.02 Å². The predicted octanol–water partition coefficient (Wildman–Crippen LogP) is 3.94. The summed E-state index contributed by atoms with van der Waals surface area (Å²) in [6, 6.07) is 19.6. The van der Waals surface area contributed by atoms with Crippen molar-refractivity contribution in [1.29, 1.82) is 0 Å². The lowest BCUT2D eigenvalue weighted by atomic mass is 10.1. The number of halogens is 1. The first kappa shape index (κ1) is 20.4. The molecular weight excluding hydrogens is 418 g/mol. The molecule has 0 fully saturated rings. The number of thiophene rings is 1. The number of para-hydroxylation sites is 1. The first-order valence-electron chi connectivity index (χ1n) is 9.81. The predicted molar refractivity (Wildman–Crippen MR) is 121 cm³/mol. The second-order valence-corrected chi connectivity index (χ2v) is 8.47. The van der Waals surface area contributed by atoms with Gasteiger partial charge in [0.2, 0.25) is 0 Å². The van der Waals surface area contributed by atoms with E-state index in [1.807, 2.05) is 41.8 Å². The Morgan fingerprint density at radius 1 is 1.00 bits per heavy atom. The molecule has 154 valence electrons. The molecule has 0 saturated carbocycles. The molecule has 0 radical (unpaired) electrons. The minimum Gasteiger partial charge on any atom is -0.361 e. The summed E-state index contributed by atoms with van der Waals surface area (Å²) in [5.74, 6) is -1.31. The van der Waals surface area contributed by atoms with Crippen molar-refractivity contribution in [1.82, 2.24) is 10.6 Å². The van der Waals surface area contributed by atoms with Gasteiger partial charge in [-0.05, 0) is 41.1 Å². The first-order chi connectivity index (χ1) is 14.6. The minimum absolute atomic E-state index is 0.0195. The van der Waals surface area contributed by atoms with E-state index in [0.29, 0.717) is 11.6 Å². The van der Waals surface area contributed by atoms with Crippen LogP contribution in [0.3, 0.4) is 0 Å². The van der Waals surface area contributed by atoms with E-state index >= 15 is 0 Å². The molecule has 2 N–H and O–H groups in total. The largest absolute Gasteiger partial charge is 0.361 e. The number of anilines is 1. The summed E-state index contributed by atoms with van der Waals surface area (Å²) in [4.78, 5) is 28.1. The average molecular weight is 440 g/mol. The van der Waals surface area contributed by atoms with Crippen molar-refractivity contribution in [2.45, 2.75) is 19.0 Å². The highest BCUT2D eigenvalue weighted by Crippen LogP contribution is 2.36. The molecule has 2 amide bonds. The zero-order chi connectivity index (χ0) is 20.9. The Kier molecular flexibility index (Phi) is 6.35. The smallest absolute Gasteiger partial charge is 0.309 e. The number of fused-ring (bicyclic) bond motifs is 1. The molecule has 1 unspecified atom stereocenters. The Balaban J connectivity index is 1.40. The lowest BCUT2D eigenvalue weighted by molar-refractivity contribution is -0.139. The highest BCUT2D eigenvalue weighted by atomic mass is 35.5. The van der Waals surface area contributed by atoms with Crippen LogP contribution in [0.4, 0.5) is 5.69 Å². The van der Waals surface area contributed by atoms with Crippen LogP contribution in [0.25, 0.3) is 0 Å². The molecular formula is C23H22ClN3O2S. The van der Waals surface area contributed by atoms with Gasteiger partial charge in [0.05, 0.1) is 6.04 Å². The number of benzene rings is 2. The van der Waals surface area contributed by atoms with Crippen molar-refractivity contribution in [2.75, 3.05) is 18.0 Å². The molecule has 0 aliphatic carbocycles. The molecule has 5 nitrogen and oxygen atoms in total. The quantitative estimate of drug-likeness (QED) is 0.572. The minimum atomic E-state index is -0.665. The lowest BCUT2D eigenvalue weighted by Crippen LogP contribution is -2.43. The normalized spacial score (nSPS) is 13.6. The molecule has 4 rings (SSSR count). The summed E-state index contributed by atoms with van der Waals surface area (Å²) in [6.45, 7) is 1.45. The van der Waals surface area contributed by atoms with E-state index in [2.05, 4.69) is 33.7 Å². The van der Waals surface area contributed by atoms with Crippen LogP contribution >= 0.6 is 22.9 Å². The van der Waals surface area contributed by atoms with Crippen molar-refractivity contribution >= 4 is 40.4 Å². The number of hydrogen-bond donors (Lipinski definition) is 2. The SMILES string of the molecule is O=C(NCc1ccccc1Cl)C(=O)NCC(c1cccs1)N1CCc2ccccc21. The fraction of sp³-hybridized carbons (Fsp3) is 0.217. The number of hydrogen-bond acceptors (Lipinski definition) is 4. The van der Waals surface area contributed by atoms with E-state index in [4.69, 9.17) is 11.6 Å². The molecule has 1 aliphatic rings. The highest BCUT2D eigenvalue weighted by Gasteiger charge is 2.28. The molecule has 2 aromatic carbocycles. The Morgan fingerprint density at radius 3 is 2.57 bits per heavy atom. The third-order valence-corrected chi connectivity index (χ3v) is 6.57. The van der Waals surface area contributed by atoms with Crippen molar-refractivity contribution in [3.8, 4) is 0 Å². The van der Waals surface area contributed by atoms with E-state index < -0.39 is 11.8 Å². The van der Waals surface area contributed by atoms with E-state index in [1.54, 1.807) is 17.4 Å². The number of nitrogens with zero attached hydrogens (tertiary/aromatic N) is 1. The monoisotopic (exact) mass is 439 g/mol. The summed E-state index contributed by atoms with van der Waals surface area (Å²) in [5, 5.41) is 8.04. The zero-order valence-electron chi connectivity index (χ0n) is 16.3. The van der Waals surface area contributed by atoms with Gasteiger partial charge in [0.25, 0.3) is 0 Å². The Labute approximate surface area is 184 Å². The van der Waals surface area contributed by atoms with Crippen LogP contribution < -0.4 is 15.5 Å². The number of rotatable bonds is 6. The molecule has 0 bridgehead atoms. The van der Waals surface area contributed by atoms with Gasteiger partial charge in [-0.15, -0.1) is 11.3 Å². The van der Waals surface area contributed by atoms with E-state index in [1.165, 1.54) is 11.3 Å². The summed E-state index contributed by atoms with van der Waals surface area (Å²) < 4.78 is 0. The number of carbonyl (C=O) groups excluding carboxylic acids is 2. The van der Waals surface area contributed by atoms with E-state index in [9.17, 15) is 9.59 Å². The van der Waals surface area contributed by atoms with E-state index in [-0.39, 0.29) is 12.6 Å². The maximum absolute atomic E-state index is 12.4. The van der Waals surface area contributed by atoms with Crippen molar-refractivity contribution < 1.29 is 9.59 Å². The van der Waals surface area contributed by atoms with Crippen LogP contribution in [0.15, 0.2) is 66.0 Å². The maximum atomic E-state index is 12.4. The molecule has 30 heavy (non-hydrogen) atoms. The summed E-state index contributed by atoms with van der Waals surface area (Å²) in [6.07, 6.45) is 0.977. The Morgan fingerprint density at radius 2 is 1.77 bits per heavy atom. The summed E-state index contributed by atoms with van der Waals surface area (Å²) in [7, 11) is 0. The average Bonchev–Trinajstić information content (AvgIpc) is 3.44. The van der Waals surface area contributed by atoms with Gasteiger partial charge in [-0.25, -0.2) is 0 Å². The number of carbonyl (C=O) groups is 2. The number of amides is 2. The molecule has 1 aliphatic heterocycles. The third kappa shape index (κ3) is 4.50. The molecule has 0 spiro atoms. The topological polar surface area (TPSA) is 61.4 Å². The maximum Gasteiger partial charge on any atom is 0.309 e. The van der Waals surface area contributed by atoms with Crippen LogP contribution in [0.5, 0.6) is 0 Å². The molecule has 0 saturated heterocycles. The standard InChI is InChI=1S/C23H22ClN3O2S/c24-18-8-3-1-7-17(18)14-25-22(28)23(29)26-15-20(21-10-5-13-30-21)27-12-11-16-6-2-4-9-19(16)27/h1-10,13,20H,11-12,14-15H2,(H,25,28)(H,26,29). The molecule has 7 heteroatoms. The van der Waals surface area contributed by atoms with Crippen molar-refractivity contribution in [3.05, 3.63) is 87.1 Å². The van der Waals surface area contributed by atoms with Crippen molar-refractivity contribution in [3.63, 3.8) is 0 Å². The lowest BCUT2D eigenvalue weighted by Gasteiger charge is -2.30. The van der Waals surface area contributed by atoms with Gasteiger partial charge in [0.1, 0.15) is 0 Å². The zero-order valence-corrected chi connectivity index (χ0v) is 17.9. The third-order valence-electron chi connectivity index (χ3n) is 5.23. The molecule has 1 atom stereocenters. The van der Waals surface area contributed by atoms with Crippen LogP contribution in [-0.2, 0) is 22.6 Å². The Bertz CT molecular complexity index is 1040. The van der Waals surface area contributed by atoms with Crippen LogP contribution in [-0.4, -0.2) is 24.9 Å².